The Balaban J connectivity index is 1.82. The molecule has 2 aliphatic rings. The third-order valence-electron chi connectivity index (χ3n) is 4.74. The summed E-state index contributed by atoms with van der Waals surface area (Å²) < 4.78 is 10.5. The third-order valence-corrected chi connectivity index (χ3v) is 4.74. The number of fused-ring (bicyclic) bond motifs is 1. The molecule has 1 fully saturated rings. The van der Waals surface area contributed by atoms with E-state index >= 15 is 0 Å². The number of nitro benzene ring substituents is 1. The fraction of sp³-hybridized carbons (Fsp3) is 0.158. The second-order valence-electron chi connectivity index (χ2n) is 6.33. The van der Waals surface area contributed by atoms with Crippen LogP contribution in [0.5, 0.6) is 11.5 Å². The van der Waals surface area contributed by atoms with Crippen molar-refractivity contribution >= 4 is 23.1 Å². The summed E-state index contributed by atoms with van der Waals surface area (Å²) >= 11 is 0. The van der Waals surface area contributed by atoms with Gasteiger partial charge in [-0.1, -0.05) is 0 Å². The maximum atomic E-state index is 12.5. The molecule has 2 aliphatic heterocycles. The molecule has 1 unspecified atom stereocenters. The molecule has 28 heavy (non-hydrogen) atoms. The Morgan fingerprint density at radius 2 is 1.82 bits per heavy atom. The van der Waals surface area contributed by atoms with Gasteiger partial charge in [0.2, 0.25) is 6.79 Å². The predicted molar refractivity (Wildman–Crippen MR) is 95.7 cm³/mol. The summed E-state index contributed by atoms with van der Waals surface area (Å²) in [5, 5.41) is 21.7. The van der Waals surface area contributed by atoms with Gasteiger partial charge in [-0.3, -0.25) is 19.7 Å². The molecule has 1 amide bonds. The number of non-ortho nitro benzene ring substituents is 1. The van der Waals surface area contributed by atoms with Gasteiger partial charge in [0.1, 0.15) is 5.76 Å². The number of nitro groups is 1. The van der Waals surface area contributed by atoms with Crippen LogP contribution in [0.4, 0.5) is 5.69 Å². The van der Waals surface area contributed by atoms with Crippen LogP contribution in [-0.2, 0) is 9.59 Å². The largest absolute Gasteiger partial charge is 0.507 e. The smallest absolute Gasteiger partial charge is 0.295 e. The van der Waals surface area contributed by atoms with Crippen LogP contribution in [0.3, 0.4) is 0 Å². The minimum Gasteiger partial charge on any atom is -0.507 e. The summed E-state index contributed by atoms with van der Waals surface area (Å²) in [7, 11) is 1.44. The van der Waals surface area contributed by atoms with Crippen LogP contribution in [0.2, 0.25) is 0 Å². The number of carbonyl (C=O) groups excluding carboxylic acids is 2. The van der Waals surface area contributed by atoms with Crippen LogP contribution in [0.15, 0.2) is 48.0 Å². The molecule has 9 nitrogen and oxygen atoms in total. The number of benzene rings is 2. The van der Waals surface area contributed by atoms with Crippen molar-refractivity contribution in [3.05, 3.63) is 69.3 Å². The fourth-order valence-electron chi connectivity index (χ4n) is 3.32. The van der Waals surface area contributed by atoms with E-state index in [1.54, 1.807) is 12.1 Å². The molecule has 0 aromatic heterocycles. The summed E-state index contributed by atoms with van der Waals surface area (Å²) in [5.41, 5.74) is 0.546. The topological polar surface area (TPSA) is 119 Å². The maximum Gasteiger partial charge on any atom is 0.295 e. The summed E-state index contributed by atoms with van der Waals surface area (Å²) in [6.45, 7) is 0.0572. The minimum absolute atomic E-state index is 0.0572. The van der Waals surface area contributed by atoms with Crippen LogP contribution < -0.4 is 9.47 Å². The number of amides is 1. The van der Waals surface area contributed by atoms with Gasteiger partial charge in [0, 0.05) is 24.7 Å². The van der Waals surface area contributed by atoms with Gasteiger partial charge in [0.05, 0.1) is 16.5 Å². The Bertz CT molecular complexity index is 1040. The lowest BCUT2D eigenvalue weighted by Crippen LogP contribution is -2.24. The van der Waals surface area contributed by atoms with Crippen molar-refractivity contribution in [1.29, 1.82) is 0 Å². The number of hydrogen-bond donors (Lipinski definition) is 1. The predicted octanol–water partition coefficient (Wildman–Crippen LogP) is 2.38. The van der Waals surface area contributed by atoms with E-state index in [0.29, 0.717) is 22.6 Å². The summed E-state index contributed by atoms with van der Waals surface area (Å²) in [5.74, 6) is -1.03. The molecule has 0 spiro atoms. The second kappa shape index (κ2) is 6.38. The number of rotatable bonds is 3. The van der Waals surface area contributed by atoms with E-state index in [1.807, 2.05) is 0 Å². The van der Waals surface area contributed by atoms with Crippen LogP contribution in [0, 0.1) is 10.1 Å². The number of aliphatic hydroxyl groups excluding tert-OH is 1. The zero-order valence-electron chi connectivity index (χ0n) is 14.6. The fourth-order valence-corrected chi connectivity index (χ4v) is 3.32. The molecule has 1 atom stereocenters. The highest BCUT2D eigenvalue weighted by Gasteiger charge is 2.44. The number of likely N-dealkylation sites (tertiary alicyclic amines) is 1. The molecular weight excluding hydrogens is 368 g/mol. The van der Waals surface area contributed by atoms with Gasteiger partial charge < -0.3 is 19.5 Å². The van der Waals surface area contributed by atoms with E-state index < -0.39 is 22.7 Å². The van der Waals surface area contributed by atoms with Gasteiger partial charge in [-0.25, -0.2) is 0 Å². The van der Waals surface area contributed by atoms with Crippen molar-refractivity contribution in [1.82, 2.24) is 4.90 Å². The van der Waals surface area contributed by atoms with Crippen LogP contribution in [0.25, 0.3) is 5.76 Å². The molecule has 1 saturated heterocycles. The Labute approximate surface area is 158 Å². The van der Waals surface area contributed by atoms with E-state index in [2.05, 4.69) is 0 Å². The molecule has 0 saturated carbocycles. The number of nitrogens with zero attached hydrogens (tertiary/aromatic N) is 2. The van der Waals surface area contributed by atoms with Gasteiger partial charge in [-0.2, -0.15) is 0 Å². The molecule has 142 valence electrons. The Morgan fingerprint density at radius 1 is 1.14 bits per heavy atom. The van der Waals surface area contributed by atoms with Crippen molar-refractivity contribution in [2.45, 2.75) is 6.04 Å². The van der Waals surface area contributed by atoms with E-state index in [-0.39, 0.29) is 23.8 Å². The van der Waals surface area contributed by atoms with Gasteiger partial charge in [-0.05, 0) is 35.9 Å². The van der Waals surface area contributed by atoms with Gasteiger partial charge >= 0.3 is 0 Å². The lowest BCUT2D eigenvalue weighted by molar-refractivity contribution is -0.384. The summed E-state index contributed by atoms with van der Waals surface area (Å²) in [4.78, 5) is 36.3. The number of aliphatic hydroxyl groups is 1. The van der Waals surface area contributed by atoms with Crippen molar-refractivity contribution < 1.29 is 29.1 Å². The number of ether oxygens (including phenoxy) is 2. The number of likely N-dealkylation sites (N-methyl/N-ethyl adjacent to an activating group) is 1. The van der Waals surface area contributed by atoms with Crippen molar-refractivity contribution in [2.24, 2.45) is 0 Å². The molecule has 2 aromatic carbocycles. The first-order valence-electron chi connectivity index (χ1n) is 8.27. The molecular formula is C19H14N2O7. The summed E-state index contributed by atoms with van der Waals surface area (Å²) in [6, 6.07) is 9.28. The zero-order valence-corrected chi connectivity index (χ0v) is 14.6. The quantitative estimate of drug-likeness (QED) is 0.284. The Kier molecular flexibility index (Phi) is 3.99. The van der Waals surface area contributed by atoms with E-state index in [0.717, 1.165) is 0 Å². The lowest BCUT2D eigenvalue weighted by Gasteiger charge is -2.20. The Hall–Kier alpha value is -3.88. The number of carbonyl (C=O) groups is 2. The van der Waals surface area contributed by atoms with Crippen LogP contribution in [-0.4, -0.2) is 40.5 Å². The molecule has 9 heteroatoms. The molecule has 1 N–H and O–H groups in total. The molecule has 0 aliphatic carbocycles. The standard InChI is InChI=1S/C19H14N2O7/c1-20-16(10-2-5-12(6-3-10)21(25)26)15(18(23)19(20)24)17(22)11-4-7-13-14(8-11)28-9-27-13/h2-8,16,22H,9H2,1H3/b17-15+. The average molecular weight is 382 g/mol. The highest BCUT2D eigenvalue weighted by molar-refractivity contribution is 6.46. The first kappa shape index (κ1) is 17.5. The van der Waals surface area contributed by atoms with E-state index in [9.17, 15) is 24.8 Å². The SMILES string of the molecule is CN1C(=O)C(=O)/C(=C(/O)c2ccc3c(c2)OCO3)C1c1ccc([N+](=O)[O-])cc1. The maximum absolute atomic E-state index is 12.5. The summed E-state index contributed by atoms with van der Waals surface area (Å²) in [6.07, 6.45) is 0. The molecule has 0 radical (unpaired) electrons. The number of hydrogen-bond acceptors (Lipinski definition) is 7. The zero-order chi connectivity index (χ0) is 20.0. The third kappa shape index (κ3) is 2.64. The number of Topliss-reactive ketones (excluding diaryl/α,β-unsaturated/α-hetero) is 1. The number of ketones is 1. The van der Waals surface area contributed by atoms with Gasteiger partial charge in [0.15, 0.2) is 11.5 Å². The van der Waals surface area contributed by atoms with E-state index in [4.69, 9.17) is 9.47 Å². The van der Waals surface area contributed by atoms with Crippen molar-refractivity contribution in [2.75, 3.05) is 13.8 Å². The van der Waals surface area contributed by atoms with Crippen molar-refractivity contribution in [3.8, 4) is 11.5 Å². The highest BCUT2D eigenvalue weighted by atomic mass is 16.7. The normalized spacial score (nSPS) is 19.9. The molecule has 0 bridgehead atoms. The average Bonchev–Trinajstić information content (AvgIpc) is 3.25. The second-order valence-corrected chi connectivity index (χ2v) is 6.33. The van der Waals surface area contributed by atoms with Gasteiger partial charge in [-0.15, -0.1) is 0 Å². The van der Waals surface area contributed by atoms with E-state index in [1.165, 1.54) is 42.3 Å². The highest BCUT2D eigenvalue weighted by Crippen LogP contribution is 2.40. The molecule has 4 rings (SSSR count). The monoisotopic (exact) mass is 382 g/mol. The Morgan fingerprint density at radius 3 is 2.50 bits per heavy atom. The first-order valence-corrected chi connectivity index (χ1v) is 8.27. The first-order chi connectivity index (χ1) is 13.4. The van der Waals surface area contributed by atoms with Crippen LogP contribution in [0.1, 0.15) is 17.2 Å². The van der Waals surface area contributed by atoms with Crippen LogP contribution >= 0.6 is 0 Å². The minimum atomic E-state index is -0.869. The van der Waals surface area contributed by atoms with Gasteiger partial charge in [0.25, 0.3) is 17.4 Å². The lowest BCUT2D eigenvalue weighted by atomic mass is 9.95. The molecule has 2 heterocycles. The van der Waals surface area contributed by atoms with Crippen molar-refractivity contribution in [3.63, 3.8) is 0 Å². The molecule has 2 aromatic rings.